The summed E-state index contributed by atoms with van der Waals surface area (Å²) in [5.74, 6) is 0.333. The molecule has 0 radical (unpaired) electrons. The zero-order valence-corrected chi connectivity index (χ0v) is 9.90. The SMILES string of the molecule is CC1C(=O)N2CCCC2C(=O)N1C1(C)CC1. The fraction of sp³-hybridized carbons (Fsp3) is 0.833. The minimum absolute atomic E-state index is 0.0269. The van der Waals surface area contributed by atoms with Gasteiger partial charge in [0.15, 0.2) is 0 Å². The van der Waals surface area contributed by atoms with Gasteiger partial charge in [-0.3, -0.25) is 9.59 Å². The summed E-state index contributed by atoms with van der Waals surface area (Å²) in [5.41, 5.74) is -0.0269. The van der Waals surface area contributed by atoms with E-state index in [1.807, 2.05) is 11.8 Å². The van der Waals surface area contributed by atoms with E-state index in [2.05, 4.69) is 6.92 Å². The number of rotatable bonds is 1. The first-order chi connectivity index (χ1) is 7.54. The molecule has 3 aliphatic rings. The summed E-state index contributed by atoms with van der Waals surface area (Å²) in [4.78, 5) is 28.2. The molecule has 3 fully saturated rings. The maximum Gasteiger partial charge on any atom is 0.246 e. The summed E-state index contributed by atoms with van der Waals surface area (Å²) >= 11 is 0. The van der Waals surface area contributed by atoms with E-state index in [-0.39, 0.29) is 29.4 Å². The zero-order valence-electron chi connectivity index (χ0n) is 9.90. The number of carbonyl (C=O) groups excluding carboxylic acids is 2. The highest BCUT2D eigenvalue weighted by atomic mass is 16.2. The Kier molecular flexibility index (Phi) is 1.89. The van der Waals surface area contributed by atoms with Crippen molar-refractivity contribution in [3.8, 4) is 0 Å². The standard InChI is InChI=1S/C12H18N2O2/c1-8-10(15)13-7-3-4-9(13)11(16)14(8)12(2)5-6-12/h8-9H,3-7H2,1-2H3. The Morgan fingerprint density at radius 3 is 2.56 bits per heavy atom. The minimum Gasteiger partial charge on any atom is -0.329 e. The van der Waals surface area contributed by atoms with Crippen molar-refractivity contribution in [1.29, 1.82) is 0 Å². The Bertz CT molecular complexity index is 362. The second kappa shape index (κ2) is 2.99. The molecule has 1 saturated carbocycles. The fourth-order valence-electron chi connectivity index (χ4n) is 3.14. The predicted octanol–water partition coefficient (Wildman–Crippen LogP) is 0.761. The monoisotopic (exact) mass is 222 g/mol. The van der Waals surface area contributed by atoms with Gasteiger partial charge >= 0.3 is 0 Å². The number of amides is 2. The first-order valence-corrected chi connectivity index (χ1v) is 6.18. The van der Waals surface area contributed by atoms with Gasteiger partial charge < -0.3 is 9.80 Å². The molecule has 4 heteroatoms. The van der Waals surface area contributed by atoms with E-state index in [9.17, 15) is 9.59 Å². The molecule has 0 aromatic heterocycles. The van der Waals surface area contributed by atoms with Crippen molar-refractivity contribution >= 4 is 11.8 Å². The van der Waals surface area contributed by atoms with Crippen LogP contribution in [0.3, 0.4) is 0 Å². The van der Waals surface area contributed by atoms with Crippen molar-refractivity contribution in [3.63, 3.8) is 0 Å². The number of fused-ring (bicyclic) bond motifs is 1. The maximum absolute atomic E-state index is 12.4. The van der Waals surface area contributed by atoms with Crippen molar-refractivity contribution in [1.82, 2.24) is 9.80 Å². The topological polar surface area (TPSA) is 40.6 Å². The highest BCUT2D eigenvalue weighted by molar-refractivity contribution is 5.97. The van der Waals surface area contributed by atoms with Crippen molar-refractivity contribution in [2.45, 2.75) is 57.2 Å². The van der Waals surface area contributed by atoms with Crippen LogP contribution in [-0.4, -0.2) is 45.8 Å². The maximum atomic E-state index is 12.4. The Hall–Kier alpha value is -1.06. The van der Waals surface area contributed by atoms with Crippen molar-refractivity contribution in [3.05, 3.63) is 0 Å². The third-order valence-corrected chi connectivity index (χ3v) is 4.36. The van der Waals surface area contributed by atoms with Crippen LogP contribution < -0.4 is 0 Å². The first-order valence-electron chi connectivity index (χ1n) is 6.18. The van der Waals surface area contributed by atoms with E-state index in [4.69, 9.17) is 0 Å². The summed E-state index contributed by atoms with van der Waals surface area (Å²) in [7, 11) is 0. The Morgan fingerprint density at radius 1 is 1.25 bits per heavy atom. The second-order valence-electron chi connectivity index (χ2n) is 5.57. The van der Waals surface area contributed by atoms with Crippen LogP contribution in [0.25, 0.3) is 0 Å². The number of nitrogens with zero attached hydrogens (tertiary/aromatic N) is 2. The normalized spacial score (nSPS) is 36.6. The molecule has 0 aromatic rings. The summed E-state index contributed by atoms with van der Waals surface area (Å²) in [6.45, 7) is 4.74. The molecule has 2 aliphatic heterocycles. The van der Waals surface area contributed by atoms with Crippen molar-refractivity contribution in [2.75, 3.05) is 6.54 Å². The van der Waals surface area contributed by atoms with Crippen LogP contribution in [0.5, 0.6) is 0 Å². The van der Waals surface area contributed by atoms with Crippen LogP contribution in [-0.2, 0) is 9.59 Å². The lowest BCUT2D eigenvalue weighted by atomic mass is 10.0. The van der Waals surface area contributed by atoms with E-state index < -0.39 is 0 Å². The van der Waals surface area contributed by atoms with E-state index in [1.54, 1.807) is 4.90 Å². The molecule has 2 amide bonds. The van der Waals surface area contributed by atoms with Crippen LogP contribution in [0.2, 0.25) is 0 Å². The molecular formula is C12H18N2O2. The summed E-state index contributed by atoms with van der Waals surface area (Å²) in [6, 6.07) is -0.407. The highest BCUT2D eigenvalue weighted by Crippen LogP contribution is 2.45. The van der Waals surface area contributed by atoms with Crippen LogP contribution in [0.1, 0.15) is 39.5 Å². The number of hydrogen-bond donors (Lipinski definition) is 0. The molecular weight excluding hydrogens is 204 g/mol. The summed E-state index contributed by atoms with van der Waals surface area (Å²) in [5, 5.41) is 0. The van der Waals surface area contributed by atoms with E-state index in [0.29, 0.717) is 0 Å². The molecule has 2 atom stereocenters. The van der Waals surface area contributed by atoms with E-state index in [0.717, 1.165) is 32.2 Å². The van der Waals surface area contributed by atoms with Gasteiger partial charge in [0.25, 0.3) is 0 Å². The molecule has 4 nitrogen and oxygen atoms in total. The Labute approximate surface area is 95.6 Å². The quantitative estimate of drug-likeness (QED) is 0.657. The second-order valence-corrected chi connectivity index (χ2v) is 5.57. The van der Waals surface area contributed by atoms with Crippen molar-refractivity contribution < 1.29 is 9.59 Å². The van der Waals surface area contributed by atoms with Gasteiger partial charge in [0, 0.05) is 12.1 Å². The molecule has 0 aromatic carbocycles. The van der Waals surface area contributed by atoms with Gasteiger partial charge in [0.1, 0.15) is 12.1 Å². The van der Waals surface area contributed by atoms with Gasteiger partial charge in [0.2, 0.25) is 11.8 Å². The summed E-state index contributed by atoms with van der Waals surface area (Å²) in [6.07, 6.45) is 3.91. The molecule has 88 valence electrons. The summed E-state index contributed by atoms with van der Waals surface area (Å²) < 4.78 is 0. The Balaban J connectivity index is 1.95. The lowest BCUT2D eigenvalue weighted by molar-refractivity contribution is -0.161. The molecule has 0 spiro atoms. The first kappa shape index (κ1) is 10.1. The number of carbonyl (C=O) groups is 2. The smallest absolute Gasteiger partial charge is 0.246 e. The van der Waals surface area contributed by atoms with Gasteiger partial charge in [-0.15, -0.1) is 0 Å². The van der Waals surface area contributed by atoms with Gasteiger partial charge in [0.05, 0.1) is 0 Å². The minimum atomic E-state index is -0.255. The van der Waals surface area contributed by atoms with Crippen LogP contribution in [0.4, 0.5) is 0 Å². The van der Waals surface area contributed by atoms with Crippen LogP contribution in [0.15, 0.2) is 0 Å². The van der Waals surface area contributed by atoms with Gasteiger partial charge in [-0.25, -0.2) is 0 Å². The average molecular weight is 222 g/mol. The molecule has 0 N–H and O–H groups in total. The highest BCUT2D eigenvalue weighted by Gasteiger charge is 2.55. The zero-order chi connectivity index (χ0) is 11.5. The van der Waals surface area contributed by atoms with Crippen LogP contribution >= 0.6 is 0 Å². The molecule has 3 rings (SSSR count). The van der Waals surface area contributed by atoms with Gasteiger partial charge in [-0.2, -0.15) is 0 Å². The largest absolute Gasteiger partial charge is 0.329 e. The third kappa shape index (κ3) is 1.16. The van der Waals surface area contributed by atoms with Crippen molar-refractivity contribution in [2.24, 2.45) is 0 Å². The number of piperazine rings is 1. The Morgan fingerprint density at radius 2 is 1.94 bits per heavy atom. The lowest BCUT2D eigenvalue weighted by Crippen LogP contribution is -2.64. The fourth-order valence-corrected chi connectivity index (χ4v) is 3.14. The third-order valence-electron chi connectivity index (χ3n) is 4.36. The molecule has 2 unspecified atom stereocenters. The van der Waals surface area contributed by atoms with Crippen LogP contribution in [0, 0.1) is 0 Å². The van der Waals surface area contributed by atoms with Gasteiger partial charge in [-0.1, -0.05) is 0 Å². The van der Waals surface area contributed by atoms with E-state index in [1.165, 1.54) is 0 Å². The molecule has 0 bridgehead atoms. The molecule has 16 heavy (non-hydrogen) atoms. The lowest BCUT2D eigenvalue weighted by Gasteiger charge is -2.44. The molecule has 2 heterocycles. The predicted molar refractivity (Wildman–Crippen MR) is 58.7 cm³/mol. The molecule has 1 aliphatic carbocycles. The van der Waals surface area contributed by atoms with Gasteiger partial charge in [-0.05, 0) is 39.5 Å². The number of hydrogen-bond acceptors (Lipinski definition) is 2. The van der Waals surface area contributed by atoms with E-state index >= 15 is 0 Å². The molecule has 2 saturated heterocycles. The average Bonchev–Trinajstić information content (AvgIpc) is 2.82.